The molecule has 0 radical (unpaired) electrons. The van der Waals surface area contributed by atoms with E-state index in [-0.39, 0.29) is 12.5 Å². The van der Waals surface area contributed by atoms with Gasteiger partial charge in [0.15, 0.2) is 18.1 Å². The van der Waals surface area contributed by atoms with Crippen LogP contribution in [0.3, 0.4) is 0 Å². The second-order valence-corrected chi connectivity index (χ2v) is 5.41. The minimum absolute atomic E-state index is 0.105. The van der Waals surface area contributed by atoms with E-state index in [1.807, 2.05) is 31.2 Å². The molecule has 0 saturated heterocycles. The number of benzene rings is 2. The number of hydrazone groups is 1. The number of carbonyl (C=O) groups excluding carboxylic acids is 1. The Labute approximate surface area is 147 Å². The Bertz CT molecular complexity index is 772. The third-order valence-corrected chi connectivity index (χ3v) is 3.51. The third-order valence-electron chi connectivity index (χ3n) is 3.51. The van der Waals surface area contributed by atoms with Crippen molar-refractivity contribution in [1.82, 2.24) is 5.43 Å². The molecule has 0 heterocycles. The average Bonchev–Trinajstić information content (AvgIpc) is 2.63. The molecule has 0 bridgehead atoms. The van der Waals surface area contributed by atoms with Crippen LogP contribution in [0.4, 0.5) is 0 Å². The first kappa shape index (κ1) is 18.3. The first-order chi connectivity index (χ1) is 12.0. The Morgan fingerprint density at radius 2 is 1.84 bits per heavy atom. The van der Waals surface area contributed by atoms with Crippen LogP contribution in [0.5, 0.6) is 17.2 Å². The van der Waals surface area contributed by atoms with Crippen molar-refractivity contribution in [2.75, 3.05) is 20.8 Å². The van der Waals surface area contributed by atoms with Crippen molar-refractivity contribution in [3.8, 4) is 17.2 Å². The van der Waals surface area contributed by atoms with Crippen LogP contribution in [0.2, 0.25) is 0 Å². The topological polar surface area (TPSA) is 69.2 Å². The van der Waals surface area contributed by atoms with Gasteiger partial charge in [0, 0.05) is 5.56 Å². The van der Waals surface area contributed by atoms with E-state index in [1.54, 1.807) is 39.3 Å². The van der Waals surface area contributed by atoms with Gasteiger partial charge in [0.1, 0.15) is 5.75 Å². The number of nitrogens with zero attached hydrogens (tertiary/aromatic N) is 1. The van der Waals surface area contributed by atoms with Crippen molar-refractivity contribution in [2.24, 2.45) is 5.10 Å². The lowest BCUT2D eigenvalue weighted by molar-refractivity contribution is -0.123. The highest BCUT2D eigenvalue weighted by Gasteiger charge is 2.07. The Morgan fingerprint density at radius 1 is 1.08 bits per heavy atom. The molecule has 0 spiro atoms. The minimum Gasteiger partial charge on any atom is -0.493 e. The quantitative estimate of drug-likeness (QED) is 0.620. The largest absolute Gasteiger partial charge is 0.493 e. The van der Waals surface area contributed by atoms with Crippen LogP contribution in [0.1, 0.15) is 18.1 Å². The highest BCUT2D eigenvalue weighted by molar-refractivity contribution is 5.99. The zero-order valence-corrected chi connectivity index (χ0v) is 14.8. The second kappa shape index (κ2) is 8.73. The molecule has 132 valence electrons. The fraction of sp³-hybridized carbons (Fsp3) is 0.263. The Kier molecular flexibility index (Phi) is 6.39. The second-order valence-electron chi connectivity index (χ2n) is 5.41. The molecular formula is C19H22N2O4. The average molecular weight is 342 g/mol. The predicted octanol–water partition coefficient (Wildman–Crippen LogP) is 2.93. The molecule has 1 N–H and O–H groups in total. The first-order valence-electron chi connectivity index (χ1n) is 7.78. The molecule has 0 aromatic heterocycles. The normalized spacial score (nSPS) is 11.0. The molecule has 2 aromatic carbocycles. The van der Waals surface area contributed by atoms with Gasteiger partial charge in [0.05, 0.1) is 19.9 Å². The zero-order chi connectivity index (χ0) is 18.2. The van der Waals surface area contributed by atoms with E-state index in [0.29, 0.717) is 23.0 Å². The molecule has 0 aliphatic heterocycles. The maximum absolute atomic E-state index is 11.9. The van der Waals surface area contributed by atoms with Crippen LogP contribution in [-0.4, -0.2) is 32.4 Å². The number of nitrogens with one attached hydrogen (secondary N) is 1. The number of carbonyl (C=O) groups is 1. The highest BCUT2D eigenvalue weighted by Crippen LogP contribution is 2.27. The van der Waals surface area contributed by atoms with Crippen molar-refractivity contribution >= 4 is 11.6 Å². The first-order valence-corrected chi connectivity index (χ1v) is 7.78. The van der Waals surface area contributed by atoms with E-state index in [0.717, 1.165) is 11.1 Å². The summed E-state index contributed by atoms with van der Waals surface area (Å²) in [6, 6.07) is 12.9. The summed E-state index contributed by atoms with van der Waals surface area (Å²) in [5, 5.41) is 4.10. The number of hydrogen-bond acceptors (Lipinski definition) is 5. The fourth-order valence-electron chi connectivity index (χ4n) is 2.16. The number of methoxy groups -OCH3 is 2. The summed E-state index contributed by atoms with van der Waals surface area (Å²) in [5.41, 5.74) is 5.01. The lowest BCUT2D eigenvalue weighted by Gasteiger charge is -2.10. The molecule has 0 unspecified atom stereocenters. The Balaban J connectivity index is 1.95. The van der Waals surface area contributed by atoms with Gasteiger partial charge < -0.3 is 14.2 Å². The van der Waals surface area contributed by atoms with Crippen molar-refractivity contribution in [3.05, 3.63) is 53.6 Å². The van der Waals surface area contributed by atoms with Crippen molar-refractivity contribution in [3.63, 3.8) is 0 Å². The third kappa shape index (κ3) is 5.24. The molecule has 0 aliphatic carbocycles. The van der Waals surface area contributed by atoms with Gasteiger partial charge in [0.2, 0.25) is 0 Å². The summed E-state index contributed by atoms with van der Waals surface area (Å²) in [7, 11) is 3.14. The Hall–Kier alpha value is -3.02. The van der Waals surface area contributed by atoms with Crippen molar-refractivity contribution in [2.45, 2.75) is 13.8 Å². The number of hydrogen-bond donors (Lipinski definition) is 1. The molecule has 0 fully saturated rings. The van der Waals surface area contributed by atoms with E-state index in [1.165, 1.54) is 0 Å². The van der Waals surface area contributed by atoms with Gasteiger partial charge in [-0.05, 0) is 49.7 Å². The monoisotopic (exact) mass is 342 g/mol. The fourth-order valence-corrected chi connectivity index (χ4v) is 2.16. The van der Waals surface area contributed by atoms with Gasteiger partial charge in [-0.25, -0.2) is 5.43 Å². The minimum atomic E-state index is -0.332. The summed E-state index contributed by atoms with van der Waals surface area (Å²) >= 11 is 0. The summed E-state index contributed by atoms with van der Waals surface area (Å²) in [4.78, 5) is 11.9. The number of ether oxygens (including phenoxy) is 3. The maximum Gasteiger partial charge on any atom is 0.277 e. The van der Waals surface area contributed by atoms with Crippen LogP contribution >= 0.6 is 0 Å². The van der Waals surface area contributed by atoms with Crippen LogP contribution < -0.4 is 19.6 Å². The standard InChI is InChI=1S/C19H22N2O4/c1-13-6-5-7-16(10-13)25-12-19(22)21-20-14(2)15-8-9-17(23-3)18(11-15)24-4/h5-11H,12H2,1-4H3,(H,21,22)/b20-14+. The highest BCUT2D eigenvalue weighted by atomic mass is 16.5. The lowest BCUT2D eigenvalue weighted by atomic mass is 10.1. The maximum atomic E-state index is 11.9. The van der Waals surface area contributed by atoms with Gasteiger partial charge in [-0.15, -0.1) is 0 Å². The van der Waals surface area contributed by atoms with Gasteiger partial charge in [-0.3, -0.25) is 4.79 Å². The van der Waals surface area contributed by atoms with E-state index in [4.69, 9.17) is 14.2 Å². The van der Waals surface area contributed by atoms with Crippen LogP contribution in [0.25, 0.3) is 0 Å². The zero-order valence-electron chi connectivity index (χ0n) is 14.8. The molecule has 2 rings (SSSR count). The van der Waals surface area contributed by atoms with Crippen molar-refractivity contribution in [1.29, 1.82) is 0 Å². The molecule has 2 aromatic rings. The number of amides is 1. The van der Waals surface area contributed by atoms with E-state index in [2.05, 4.69) is 10.5 Å². The SMILES string of the molecule is COc1ccc(/C(C)=N/NC(=O)COc2cccc(C)c2)cc1OC. The summed E-state index contributed by atoms with van der Waals surface area (Å²) in [6.45, 7) is 3.65. The number of rotatable bonds is 7. The molecule has 0 aliphatic rings. The van der Waals surface area contributed by atoms with E-state index >= 15 is 0 Å². The lowest BCUT2D eigenvalue weighted by Crippen LogP contribution is -2.25. The molecular weight excluding hydrogens is 320 g/mol. The Morgan fingerprint density at radius 3 is 2.52 bits per heavy atom. The van der Waals surface area contributed by atoms with Gasteiger partial charge in [-0.2, -0.15) is 5.10 Å². The van der Waals surface area contributed by atoms with Gasteiger partial charge in [-0.1, -0.05) is 12.1 Å². The molecule has 6 heteroatoms. The molecule has 1 amide bonds. The van der Waals surface area contributed by atoms with Crippen LogP contribution in [0.15, 0.2) is 47.6 Å². The van der Waals surface area contributed by atoms with Crippen LogP contribution in [-0.2, 0) is 4.79 Å². The van der Waals surface area contributed by atoms with Gasteiger partial charge in [0.25, 0.3) is 5.91 Å². The molecule has 0 atom stereocenters. The number of aryl methyl sites for hydroxylation is 1. The summed E-state index contributed by atoms with van der Waals surface area (Å²) in [6.07, 6.45) is 0. The van der Waals surface area contributed by atoms with E-state index < -0.39 is 0 Å². The smallest absolute Gasteiger partial charge is 0.277 e. The van der Waals surface area contributed by atoms with E-state index in [9.17, 15) is 4.79 Å². The summed E-state index contributed by atoms with van der Waals surface area (Å²) < 4.78 is 15.9. The van der Waals surface area contributed by atoms with Crippen LogP contribution in [0, 0.1) is 6.92 Å². The molecule has 0 saturated carbocycles. The summed E-state index contributed by atoms with van der Waals surface area (Å²) in [5.74, 6) is 1.55. The predicted molar refractivity (Wildman–Crippen MR) is 96.6 cm³/mol. The molecule has 6 nitrogen and oxygen atoms in total. The molecule has 25 heavy (non-hydrogen) atoms. The van der Waals surface area contributed by atoms with Crippen molar-refractivity contribution < 1.29 is 19.0 Å². The van der Waals surface area contributed by atoms with Gasteiger partial charge >= 0.3 is 0 Å².